The lowest BCUT2D eigenvalue weighted by Gasteiger charge is -2.28. The van der Waals surface area contributed by atoms with Crippen LogP contribution < -0.4 is 5.32 Å². The number of nitrogens with zero attached hydrogens (tertiary/aromatic N) is 3. The normalized spacial score (nSPS) is 15.2. The first kappa shape index (κ1) is 24.5. The summed E-state index contributed by atoms with van der Waals surface area (Å²) in [5.41, 5.74) is 8.60. The summed E-state index contributed by atoms with van der Waals surface area (Å²) < 4.78 is 2.19. The van der Waals surface area contributed by atoms with E-state index in [0.717, 1.165) is 52.9 Å². The van der Waals surface area contributed by atoms with Gasteiger partial charge in [0, 0.05) is 22.8 Å². The molecular weight excluding hydrogens is 456 g/mol. The predicted octanol–water partition coefficient (Wildman–Crippen LogP) is 7.23. The van der Waals surface area contributed by atoms with Crippen molar-refractivity contribution in [2.75, 3.05) is 5.32 Å². The van der Waals surface area contributed by atoms with Crippen LogP contribution in [0, 0.1) is 25.2 Å². The number of fused-ring (bicyclic) bond motifs is 2. The molecule has 0 saturated heterocycles. The number of aryl methyl sites for hydroxylation is 3. The summed E-state index contributed by atoms with van der Waals surface area (Å²) in [7, 11) is 0. The molecule has 0 spiro atoms. The van der Waals surface area contributed by atoms with Crippen LogP contribution in [0.3, 0.4) is 0 Å². The monoisotopic (exact) mass is 488 g/mol. The molecule has 0 fully saturated rings. The lowest BCUT2D eigenvalue weighted by molar-refractivity contribution is -0.111. The molecule has 2 heterocycles. The van der Waals surface area contributed by atoms with Crippen LogP contribution in [0.15, 0.2) is 60.7 Å². The number of nitrogens with one attached hydrogen (secondary N) is 1. The van der Waals surface area contributed by atoms with Crippen LogP contribution in [0.25, 0.3) is 17.1 Å². The molecule has 4 aromatic rings. The zero-order valence-electron chi connectivity index (χ0n) is 21.9. The fraction of sp³-hybridized carbons (Fsp3) is 0.281. The van der Waals surface area contributed by atoms with Crippen molar-refractivity contribution in [3.05, 3.63) is 99.9 Å². The molecule has 5 nitrogen and oxygen atoms in total. The molecular formula is C32H32N4O. The van der Waals surface area contributed by atoms with E-state index in [1.807, 2.05) is 44.2 Å². The van der Waals surface area contributed by atoms with Gasteiger partial charge in [-0.15, -0.1) is 0 Å². The van der Waals surface area contributed by atoms with Crippen molar-refractivity contribution >= 4 is 28.7 Å². The van der Waals surface area contributed by atoms with Crippen LogP contribution in [-0.4, -0.2) is 15.5 Å². The summed E-state index contributed by atoms with van der Waals surface area (Å²) in [6.45, 7) is 8.30. The Morgan fingerprint density at radius 2 is 1.92 bits per heavy atom. The van der Waals surface area contributed by atoms with Gasteiger partial charge in [0.1, 0.15) is 11.7 Å². The van der Waals surface area contributed by atoms with Crippen molar-refractivity contribution in [3.63, 3.8) is 0 Å². The van der Waals surface area contributed by atoms with Gasteiger partial charge in [-0.2, -0.15) is 5.26 Å². The van der Waals surface area contributed by atoms with E-state index in [9.17, 15) is 10.1 Å². The lowest BCUT2D eigenvalue weighted by atomic mass is 9.87. The van der Waals surface area contributed by atoms with Gasteiger partial charge in [0.2, 0.25) is 5.91 Å². The average Bonchev–Trinajstić information content (AvgIpc) is 3.20. The highest BCUT2D eigenvalue weighted by Crippen LogP contribution is 2.39. The summed E-state index contributed by atoms with van der Waals surface area (Å²) in [6.07, 6.45) is 6.37. The van der Waals surface area contributed by atoms with E-state index in [1.54, 1.807) is 6.08 Å². The second-order valence-corrected chi connectivity index (χ2v) is 10.2. The molecule has 1 N–H and O–H groups in total. The zero-order valence-corrected chi connectivity index (χ0v) is 21.9. The molecule has 2 aromatic heterocycles. The molecule has 2 aromatic carbocycles. The van der Waals surface area contributed by atoms with E-state index in [0.29, 0.717) is 11.5 Å². The molecule has 1 amide bonds. The van der Waals surface area contributed by atoms with Crippen LogP contribution in [-0.2, 0) is 11.2 Å². The molecule has 0 aliphatic heterocycles. The Morgan fingerprint density at radius 3 is 2.65 bits per heavy atom. The second kappa shape index (κ2) is 10.1. The van der Waals surface area contributed by atoms with Gasteiger partial charge in [-0.3, -0.25) is 4.79 Å². The zero-order chi connectivity index (χ0) is 26.1. The molecule has 0 unspecified atom stereocenters. The number of rotatable bonds is 5. The third-order valence-corrected chi connectivity index (χ3v) is 7.32. The molecule has 5 heteroatoms. The van der Waals surface area contributed by atoms with E-state index in [1.165, 1.54) is 22.8 Å². The summed E-state index contributed by atoms with van der Waals surface area (Å²) in [6, 6.07) is 20.9. The number of carbonyl (C=O) groups excluding carboxylic acids is 1. The third kappa shape index (κ3) is 4.68. The van der Waals surface area contributed by atoms with E-state index < -0.39 is 0 Å². The maximum Gasteiger partial charge on any atom is 0.248 e. The maximum atomic E-state index is 12.9. The maximum absolute atomic E-state index is 12.9. The molecule has 0 bridgehead atoms. The Morgan fingerprint density at radius 1 is 1.16 bits per heavy atom. The summed E-state index contributed by atoms with van der Waals surface area (Å²) >= 11 is 0. The van der Waals surface area contributed by atoms with E-state index in [4.69, 9.17) is 4.98 Å². The molecule has 1 aliphatic carbocycles. The molecule has 1 atom stereocenters. The first-order valence-electron chi connectivity index (χ1n) is 13.0. The van der Waals surface area contributed by atoms with Crippen molar-refractivity contribution in [1.82, 2.24) is 9.55 Å². The van der Waals surface area contributed by atoms with Crippen molar-refractivity contribution in [1.29, 1.82) is 5.26 Å². The Labute approximate surface area is 218 Å². The Bertz CT molecular complexity index is 1550. The smallest absolute Gasteiger partial charge is 0.248 e. The summed E-state index contributed by atoms with van der Waals surface area (Å²) in [5, 5.41) is 14.1. The van der Waals surface area contributed by atoms with Crippen molar-refractivity contribution in [2.45, 2.75) is 58.9 Å². The summed E-state index contributed by atoms with van der Waals surface area (Å²) in [4.78, 5) is 17.8. The van der Waals surface area contributed by atoms with Crippen molar-refractivity contribution in [2.24, 2.45) is 0 Å². The number of hydrogen-bond acceptors (Lipinski definition) is 3. The Kier molecular flexibility index (Phi) is 6.67. The third-order valence-electron chi connectivity index (χ3n) is 7.32. The van der Waals surface area contributed by atoms with Gasteiger partial charge in [0.25, 0.3) is 0 Å². The standard InChI is InChI=1S/C32H32N4O/c1-20(2)23-12-14-25(15-13-23)35-30(37)17-16-29-27(19-33)31-21(3)18-22(4)34-32(31)36(29)28-11-7-9-24-8-5-6-10-26(24)28/h5-6,8,10,12-18,20,28H,7,9,11H2,1-4H3,(H,35,37)/b17-16+/t28-/m0/s1. The number of amides is 1. The van der Waals surface area contributed by atoms with Gasteiger partial charge in [-0.25, -0.2) is 4.98 Å². The number of anilines is 1. The highest BCUT2D eigenvalue weighted by Gasteiger charge is 2.28. The fourth-order valence-electron chi connectivity index (χ4n) is 5.54. The number of aromatic nitrogens is 2. The SMILES string of the molecule is Cc1cc(C)c2c(C#N)c(/C=C/C(=O)Nc3ccc(C(C)C)cc3)n([C@H]3CCCc4ccccc43)c2n1. The topological polar surface area (TPSA) is 70.7 Å². The minimum absolute atomic E-state index is 0.0505. The summed E-state index contributed by atoms with van der Waals surface area (Å²) in [5.74, 6) is 0.199. The second-order valence-electron chi connectivity index (χ2n) is 10.2. The number of benzene rings is 2. The van der Waals surface area contributed by atoms with Crippen molar-refractivity contribution < 1.29 is 4.79 Å². The van der Waals surface area contributed by atoms with Gasteiger partial charge >= 0.3 is 0 Å². The van der Waals surface area contributed by atoms with E-state index in [2.05, 4.69) is 54.1 Å². The Balaban J connectivity index is 1.59. The molecule has 0 saturated carbocycles. The quantitative estimate of drug-likeness (QED) is 0.301. The van der Waals surface area contributed by atoms with Crippen LogP contribution in [0.4, 0.5) is 5.69 Å². The van der Waals surface area contributed by atoms with Crippen molar-refractivity contribution in [3.8, 4) is 6.07 Å². The largest absolute Gasteiger partial charge is 0.323 e. The van der Waals surface area contributed by atoms with Crippen LogP contribution >= 0.6 is 0 Å². The van der Waals surface area contributed by atoms with E-state index in [-0.39, 0.29) is 11.9 Å². The number of hydrogen-bond donors (Lipinski definition) is 1. The predicted molar refractivity (Wildman–Crippen MR) is 150 cm³/mol. The minimum atomic E-state index is -0.233. The number of pyridine rings is 1. The van der Waals surface area contributed by atoms with Crippen LogP contribution in [0.1, 0.15) is 77.9 Å². The van der Waals surface area contributed by atoms with Gasteiger partial charge in [-0.1, -0.05) is 50.2 Å². The van der Waals surface area contributed by atoms with E-state index >= 15 is 0 Å². The first-order chi connectivity index (χ1) is 17.9. The lowest BCUT2D eigenvalue weighted by Crippen LogP contribution is -2.19. The fourth-order valence-corrected chi connectivity index (χ4v) is 5.54. The number of nitriles is 1. The number of carbonyl (C=O) groups is 1. The Hall–Kier alpha value is -4.17. The molecule has 5 rings (SSSR count). The van der Waals surface area contributed by atoms with Gasteiger partial charge in [0.15, 0.2) is 0 Å². The molecule has 37 heavy (non-hydrogen) atoms. The molecule has 1 aliphatic rings. The van der Waals surface area contributed by atoms with Gasteiger partial charge in [-0.05, 0) is 85.6 Å². The van der Waals surface area contributed by atoms with Crippen LogP contribution in [0.5, 0.6) is 0 Å². The van der Waals surface area contributed by atoms with Crippen LogP contribution in [0.2, 0.25) is 0 Å². The molecule has 0 radical (unpaired) electrons. The average molecular weight is 489 g/mol. The highest BCUT2D eigenvalue weighted by atomic mass is 16.1. The van der Waals surface area contributed by atoms with Gasteiger partial charge < -0.3 is 9.88 Å². The van der Waals surface area contributed by atoms with Gasteiger partial charge in [0.05, 0.1) is 17.3 Å². The first-order valence-corrected chi connectivity index (χ1v) is 13.0. The highest BCUT2D eigenvalue weighted by molar-refractivity contribution is 6.03. The minimum Gasteiger partial charge on any atom is -0.323 e. The molecule has 186 valence electrons.